The van der Waals surface area contributed by atoms with Crippen molar-refractivity contribution in [2.24, 2.45) is 5.73 Å². The van der Waals surface area contributed by atoms with Crippen LogP contribution in [0.1, 0.15) is 38.5 Å². The summed E-state index contributed by atoms with van der Waals surface area (Å²) in [6.07, 6.45) is 7.72. The number of nitrogens with two attached hydrogens (primary N) is 1. The molecular weight excluding hydrogens is 188 g/mol. The van der Waals surface area contributed by atoms with Crippen LogP contribution in [0.4, 0.5) is 0 Å². The van der Waals surface area contributed by atoms with Crippen LogP contribution in [-0.4, -0.2) is 43.3 Å². The molecule has 2 saturated carbocycles. The Hall–Kier alpha value is -0.120. The fourth-order valence-electron chi connectivity index (χ4n) is 2.37. The Bertz CT molecular complexity index is 200. The quantitative estimate of drug-likeness (QED) is 0.692. The van der Waals surface area contributed by atoms with Crippen molar-refractivity contribution in [3.8, 4) is 0 Å². The minimum absolute atomic E-state index is 0.181. The molecule has 0 atom stereocenters. The number of rotatable bonds is 7. The van der Waals surface area contributed by atoms with Crippen LogP contribution < -0.4 is 5.73 Å². The van der Waals surface area contributed by atoms with Crippen molar-refractivity contribution in [1.82, 2.24) is 4.90 Å². The molecule has 0 spiro atoms. The molecule has 2 rings (SSSR count). The highest BCUT2D eigenvalue weighted by atomic mass is 16.5. The summed E-state index contributed by atoms with van der Waals surface area (Å²) in [7, 11) is 1.78. The van der Waals surface area contributed by atoms with Gasteiger partial charge in [0.2, 0.25) is 0 Å². The van der Waals surface area contributed by atoms with Gasteiger partial charge in [-0.05, 0) is 38.5 Å². The van der Waals surface area contributed by atoms with E-state index in [4.69, 9.17) is 10.5 Å². The molecule has 3 nitrogen and oxygen atoms in total. The van der Waals surface area contributed by atoms with Gasteiger partial charge in [-0.15, -0.1) is 0 Å². The van der Waals surface area contributed by atoms with Gasteiger partial charge >= 0.3 is 0 Å². The van der Waals surface area contributed by atoms with Gasteiger partial charge < -0.3 is 10.5 Å². The van der Waals surface area contributed by atoms with Crippen molar-refractivity contribution < 1.29 is 4.74 Å². The van der Waals surface area contributed by atoms with Crippen LogP contribution >= 0.6 is 0 Å². The predicted octanol–water partition coefficient (Wildman–Crippen LogP) is 1.37. The van der Waals surface area contributed by atoms with Crippen LogP contribution in [0, 0.1) is 0 Å². The van der Waals surface area contributed by atoms with Crippen LogP contribution in [0.2, 0.25) is 0 Å². The molecule has 0 saturated heterocycles. The smallest absolute Gasteiger partial charge is 0.0589 e. The molecule has 3 heteroatoms. The summed E-state index contributed by atoms with van der Waals surface area (Å²) in [6, 6.07) is 0.837. The normalized spacial score (nSPS) is 24.2. The monoisotopic (exact) mass is 212 g/mol. The standard InChI is InChI=1S/C12H24N2O/c1-15-10-9-14(11-3-4-11)8-7-12(13)5-2-6-12/h11H,2-10,13H2,1H3. The first-order valence-corrected chi connectivity index (χ1v) is 6.25. The lowest BCUT2D eigenvalue weighted by molar-refractivity contribution is 0.126. The van der Waals surface area contributed by atoms with Crippen LogP contribution in [0.15, 0.2) is 0 Å². The Morgan fingerprint density at radius 1 is 1.33 bits per heavy atom. The van der Waals surface area contributed by atoms with Crippen LogP contribution in [0.3, 0.4) is 0 Å². The molecule has 15 heavy (non-hydrogen) atoms. The fraction of sp³-hybridized carbons (Fsp3) is 1.00. The second-order valence-electron chi connectivity index (χ2n) is 5.23. The number of nitrogens with zero attached hydrogens (tertiary/aromatic N) is 1. The maximum Gasteiger partial charge on any atom is 0.0589 e. The van der Waals surface area contributed by atoms with E-state index >= 15 is 0 Å². The zero-order chi connectivity index (χ0) is 10.7. The lowest BCUT2D eigenvalue weighted by atomic mass is 9.75. The molecule has 2 aliphatic rings. The Balaban J connectivity index is 1.68. The molecule has 2 aliphatic carbocycles. The van der Waals surface area contributed by atoms with Gasteiger partial charge in [0.05, 0.1) is 6.61 Å². The molecule has 0 aliphatic heterocycles. The van der Waals surface area contributed by atoms with Gasteiger partial charge in [-0.25, -0.2) is 0 Å². The van der Waals surface area contributed by atoms with Gasteiger partial charge in [0.1, 0.15) is 0 Å². The van der Waals surface area contributed by atoms with Gasteiger partial charge in [-0.3, -0.25) is 4.90 Å². The van der Waals surface area contributed by atoms with E-state index in [1.54, 1.807) is 7.11 Å². The summed E-state index contributed by atoms with van der Waals surface area (Å²) in [5.74, 6) is 0. The van der Waals surface area contributed by atoms with E-state index in [2.05, 4.69) is 4.90 Å². The van der Waals surface area contributed by atoms with Gasteiger partial charge in [0, 0.05) is 31.8 Å². The Kier molecular flexibility index (Phi) is 3.65. The van der Waals surface area contributed by atoms with Crippen molar-refractivity contribution >= 4 is 0 Å². The summed E-state index contributed by atoms with van der Waals surface area (Å²) < 4.78 is 5.15. The molecule has 88 valence electrons. The van der Waals surface area contributed by atoms with Gasteiger partial charge in [-0.2, -0.15) is 0 Å². The second kappa shape index (κ2) is 4.81. The lowest BCUT2D eigenvalue weighted by Gasteiger charge is -2.39. The molecule has 2 fully saturated rings. The minimum Gasteiger partial charge on any atom is -0.383 e. The Labute approximate surface area is 93.0 Å². The fourth-order valence-corrected chi connectivity index (χ4v) is 2.37. The highest BCUT2D eigenvalue weighted by Gasteiger charge is 2.35. The highest BCUT2D eigenvalue weighted by Crippen LogP contribution is 2.34. The van der Waals surface area contributed by atoms with E-state index in [0.717, 1.165) is 19.2 Å². The van der Waals surface area contributed by atoms with Crippen LogP contribution in [0.25, 0.3) is 0 Å². The first kappa shape index (κ1) is 11.4. The number of methoxy groups -OCH3 is 1. The molecule has 0 aromatic carbocycles. The van der Waals surface area contributed by atoms with E-state index in [-0.39, 0.29) is 5.54 Å². The van der Waals surface area contributed by atoms with Gasteiger partial charge in [0.25, 0.3) is 0 Å². The second-order valence-corrected chi connectivity index (χ2v) is 5.23. The molecule has 0 aromatic rings. The molecule has 0 radical (unpaired) electrons. The number of hydrogen-bond donors (Lipinski definition) is 1. The average Bonchev–Trinajstić information content (AvgIpc) is 2.99. The maximum atomic E-state index is 6.24. The molecular formula is C12H24N2O. The van der Waals surface area contributed by atoms with E-state index in [9.17, 15) is 0 Å². The van der Waals surface area contributed by atoms with Crippen LogP contribution in [-0.2, 0) is 4.74 Å². The van der Waals surface area contributed by atoms with Crippen molar-refractivity contribution in [2.45, 2.75) is 50.1 Å². The first-order chi connectivity index (χ1) is 7.23. The summed E-state index contributed by atoms with van der Waals surface area (Å²) in [5.41, 5.74) is 6.42. The molecule has 0 bridgehead atoms. The van der Waals surface area contributed by atoms with Crippen molar-refractivity contribution in [1.29, 1.82) is 0 Å². The van der Waals surface area contributed by atoms with Crippen molar-refractivity contribution in [3.63, 3.8) is 0 Å². The van der Waals surface area contributed by atoms with Gasteiger partial charge in [0.15, 0.2) is 0 Å². The number of ether oxygens (including phenoxy) is 1. The van der Waals surface area contributed by atoms with Crippen molar-refractivity contribution in [3.05, 3.63) is 0 Å². The summed E-state index contributed by atoms with van der Waals surface area (Å²) >= 11 is 0. The Morgan fingerprint density at radius 3 is 2.53 bits per heavy atom. The summed E-state index contributed by atoms with van der Waals surface area (Å²) in [6.45, 7) is 3.11. The molecule has 2 N–H and O–H groups in total. The SMILES string of the molecule is COCCN(CCC1(N)CCC1)C1CC1. The third-order valence-electron chi connectivity index (χ3n) is 3.89. The Morgan fingerprint density at radius 2 is 2.07 bits per heavy atom. The van der Waals surface area contributed by atoms with Gasteiger partial charge in [-0.1, -0.05) is 0 Å². The summed E-state index contributed by atoms with van der Waals surface area (Å²) in [5, 5.41) is 0. The topological polar surface area (TPSA) is 38.5 Å². The number of hydrogen-bond acceptors (Lipinski definition) is 3. The van der Waals surface area contributed by atoms with Crippen LogP contribution in [0.5, 0.6) is 0 Å². The van der Waals surface area contributed by atoms with E-state index < -0.39 is 0 Å². The summed E-state index contributed by atoms with van der Waals surface area (Å²) in [4.78, 5) is 2.57. The third kappa shape index (κ3) is 3.16. The zero-order valence-corrected chi connectivity index (χ0v) is 9.87. The average molecular weight is 212 g/mol. The highest BCUT2D eigenvalue weighted by molar-refractivity contribution is 4.94. The lowest BCUT2D eigenvalue weighted by Crippen LogP contribution is -2.49. The predicted molar refractivity (Wildman–Crippen MR) is 61.9 cm³/mol. The zero-order valence-electron chi connectivity index (χ0n) is 9.87. The van der Waals surface area contributed by atoms with E-state index in [1.165, 1.54) is 45.1 Å². The molecule has 0 amide bonds. The van der Waals surface area contributed by atoms with E-state index in [1.807, 2.05) is 0 Å². The third-order valence-corrected chi connectivity index (χ3v) is 3.89. The molecule has 0 aromatic heterocycles. The molecule has 0 heterocycles. The maximum absolute atomic E-state index is 6.24. The molecule has 0 unspecified atom stereocenters. The first-order valence-electron chi connectivity index (χ1n) is 6.25. The van der Waals surface area contributed by atoms with Crippen molar-refractivity contribution in [2.75, 3.05) is 26.8 Å². The van der Waals surface area contributed by atoms with E-state index in [0.29, 0.717) is 0 Å². The minimum atomic E-state index is 0.181. The largest absolute Gasteiger partial charge is 0.383 e.